The average molecular weight is 298 g/mol. The normalized spacial score (nSPS) is 12.4. The molecule has 0 radical (unpaired) electrons. The molecule has 0 fully saturated rings. The molecule has 0 amide bonds. The SMILES string of the molecule is C[C@@H](NCc1cc(Cl)ccc1F)c1cccc(Cl)c1. The largest absolute Gasteiger partial charge is 0.306 e. The molecule has 1 nitrogen and oxygen atoms in total. The summed E-state index contributed by atoms with van der Waals surface area (Å²) in [6.45, 7) is 2.42. The molecule has 0 unspecified atom stereocenters. The minimum absolute atomic E-state index is 0.0806. The topological polar surface area (TPSA) is 12.0 Å². The first kappa shape index (κ1) is 14.3. The van der Waals surface area contributed by atoms with Gasteiger partial charge in [-0.2, -0.15) is 0 Å². The Hall–Kier alpha value is -1.09. The van der Waals surface area contributed by atoms with Crippen LogP contribution in [-0.4, -0.2) is 0 Å². The second kappa shape index (κ2) is 6.38. The summed E-state index contributed by atoms with van der Waals surface area (Å²) >= 11 is 11.8. The zero-order valence-electron chi connectivity index (χ0n) is 10.5. The molecule has 4 heteroatoms. The van der Waals surface area contributed by atoms with Crippen LogP contribution in [0.15, 0.2) is 42.5 Å². The smallest absolute Gasteiger partial charge is 0.127 e. The van der Waals surface area contributed by atoms with E-state index in [9.17, 15) is 4.39 Å². The molecule has 0 bridgehead atoms. The molecule has 0 heterocycles. The molecule has 0 saturated heterocycles. The number of halogens is 3. The molecule has 1 N–H and O–H groups in total. The van der Waals surface area contributed by atoms with Crippen molar-refractivity contribution in [2.45, 2.75) is 19.5 Å². The molecule has 0 aliphatic heterocycles. The summed E-state index contributed by atoms with van der Waals surface area (Å²) in [6, 6.07) is 12.2. The molecule has 0 aliphatic rings. The van der Waals surface area contributed by atoms with Gasteiger partial charge in [-0.15, -0.1) is 0 Å². The van der Waals surface area contributed by atoms with Crippen LogP contribution >= 0.6 is 23.2 Å². The van der Waals surface area contributed by atoms with Crippen LogP contribution in [-0.2, 0) is 6.54 Å². The van der Waals surface area contributed by atoms with Crippen LogP contribution in [0.25, 0.3) is 0 Å². The zero-order valence-corrected chi connectivity index (χ0v) is 12.0. The van der Waals surface area contributed by atoms with E-state index in [1.54, 1.807) is 12.1 Å². The molecule has 0 aliphatic carbocycles. The zero-order chi connectivity index (χ0) is 13.8. The average Bonchev–Trinajstić information content (AvgIpc) is 2.39. The van der Waals surface area contributed by atoms with Crippen LogP contribution < -0.4 is 5.32 Å². The van der Waals surface area contributed by atoms with E-state index in [1.165, 1.54) is 6.07 Å². The minimum Gasteiger partial charge on any atom is -0.306 e. The predicted octanol–water partition coefficient (Wildman–Crippen LogP) is 4.98. The van der Waals surface area contributed by atoms with Crippen molar-refractivity contribution in [2.75, 3.05) is 0 Å². The summed E-state index contributed by atoms with van der Waals surface area (Å²) in [5.74, 6) is -0.254. The Morgan fingerprint density at radius 2 is 1.84 bits per heavy atom. The molecular formula is C15H14Cl2FN. The summed E-state index contributed by atoms with van der Waals surface area (Å²) in [5, 5.41) is 4.48. The quantitative estimate of drug-likeness (QED) is 0.839. The third-order valence-corrected chi connectivity index (χ3v) is 3.43. The third kappa shape index (κ3) is 3.93. The summed E-state index contributed by atoms with van der Waals surface area (Å²) in [4.78, 5) is 0. The Balaban J connectivity index is 2.04. The molecule has 100 valence electrons. The number of nitrogens with one attached hydrogen (secondary N) is 1. The Bertz CT molecular complexity index is 572. The maximum atomic E-state index is 13.6. The molecule has 1 atom stereocenters. The number of hydrogen-bond acceptors (Lipinski definition) is 1. The van der Waals surface area contributed by atoms with Crippen molar-refractivity contribution in [3.05, 3.63) is 69.5 Å². The Kier molecular flexibility index (Phi) is 4.81. The Morgan fingerprint density at radius 3 is 2.58 bits per heavy atom. The standard InChI is InChI=1S/C15H14Cl2FN/c1-10(11-3-2-4-13(16)7-11)19-9-12-8-14(17)5-6-15(12)18/h2-8,10,19H,9H2,1H3/t10-/m1/s1. The highest BCUT2D eigenvalue weighted by Gasteiger charge is 2.08. The fourth-order valence-corrected chi connectivity index (χ4v) is 2.23. The van der Waals surface area contributed by atoms with Gasteiger partial charge in [-0.05, 0) is 42.8 Å². The Labute approximate surface area is 122 Å². The van der Waals surface area contributed by atoms with Crippen LogP contribution in [0.4, 0.5) is 4.39 Å². The highest BCUT2D eigenvalue weighted by molar-refractivity contribution is 6.30. The van der Waals surface area contributed by atoms with Crippen molar-refractivity contribution in [3.63, 3.8) is 0 Å². The molecule has 2 rings (SSSR count). The number of rotatable bonds is 4. The van der Waals surface area contributed by atoms with Crippen LogP contribution in [0.5, 0.6) is 0 Å². The van der Waals surface area contributed by atoms with Gasteiger partial charge < -0.3 is 5.32 Å². The lowest BCUT2D eigenvalue weighted by Gasteiger charge is -2.15. The number of hydrogen-bond donors (Lipinski definition) is 1. The molecule has 0 spiro atoms. The summed E-state index contributed by atoms with van der Waals surface area (Å²) in [5.41, 5.74) is 1.62. The van der Waals surface area contributed by atoms with Gasteiger partial charge in [0.15, 0.2) is 0 Å². The lowest BCUT2D eigenvalue weighted by molar-refractivity contribution is 0.544. The van der Waals surface area contributed by atoms with Crippen LogP contribution in [0.3, 0.4) is 0 Å². The minimum atomic E-state index is -0.254. The van der Waals surface area contributed by atoms with E-state index in [0.29, 0.717) is 22.2 Å². The van der Waals surface area contributed by atoms with Crippen molar-refractivity contribution in [2.24, 2.45) is 0 Å². The summed E-state index contributed by atoms with van der Waals surface area (Å²) in [7, 11) is 0. The van der Waals surface area contributed by atoms with Gasteiger partial charge >= 0.3 is 0 Å². The van der Waals surface area contributed by atoms with Gasteiger partial charge in [0.2, 0.25) is 0 Å². The Morgan fingerprint density at radius 1 is 1.11 bits per heavy atom. The highest BCUT2D eigenvalue weighted by atomic mass is 35.5. The predicted molar refractivity (Wildman–Crippen MR) is 78.1 cm³/mol. The van der Waals surface area contributed by atoms with Crippen molar-refractivity contribution in [3.8, 4) is 0 Å². The van der Waals surface area contributed by atoms with Crippen LogP contribution in [0.1, 0.15) is 24.1 Å². The molecular weight excluding hydrogens is 284 g/mol. The van der Waals surface area contributed by atoms with E-state index in [4.69, 9.17) is 23.2 Å². The molecule has 2 aromatic carbocycles. The third-order valence-electron chi connectivity index (χ3n) is 2.96. The molecule has 19 heavy (non-hydrogen) atoms. The van der Waals surface area contributed by atoms with Gasteiger partial charge in [0.25, 0.3) is 0 Å². The van der Waals surface area contributed by atoms with E-state index >= 15 is 0 Å². The maximum Gasteiger partial charge on any atom is 0.127 e. The first-order valence-electron chi connectivity index (χ1n) is 5.99. The van der Waals surface area contributed by atoms with Crippen LogP contribution in [0, 0.1) is 5.82 Å². The van der Waals surface area contributed by atoms with Crippen molar-refractivity contribution < 1.29 is 4.39 Å². The fraction of sp³-hybridized carbons (Fsp3) is 0.200. The summed E-state index contributed by atoms with van der Waals surface area (Å²) < 4.78 is 13.6. The fourth-order valence-electron chi connectivity index (χ4n) is 1.84. The monoisotopic (exact) mass is 297 g/mol. The summed E-state index contributed by atoms with van der Waals surface area (Å²) in [6.07, 6.45) is 0. The van der Waals surface area contributed by atoms with E-state index in [0.717, 1.165) is 5.56 Å². The van der Waals surface area contributed by atoms with Gasteiger partial charge in [-0.25, -0.2) is 4.39 Å². The lowest BCUT2D eigenvalue weighted by atomic mass is 10.1. The number of benzene rings is 2. The van der Waals surface area contributed by atoms with Gasteiger partial charge in [0, 0.05) is 28.2 Å². The van der Waals surface area contributed by atoms with Gasteiger partial charge in [-0.3, -0.25) is 0 Å². The maximum absolute atomic E-state index is 13.6. The molecule has 0 aromatic heterocycles. The van der Waals surface area contributed by atoms with E-state index in [1.807, 2.05) is 31.2 Å². The highest BCUT2D eigenvalue weighted by Crippen LogP contribution is 2.19. The van der Waals surface area contributed by atoms with Gasteiger partial charge in [0.05, 0.1) is 0 Å². The van der Waals surface area contributed by atoms with E-state index in [-0.39, 0.29) is 11.9 Å². The van der Waals surface area contributed by atoms with Crippen molar-refractivity contribution in [1.82, 2.24) is 5.32 Å². The molecule has 2 aromatic rings. The van der Waals surface area contributed by atoms with E-state index in [2.05, 4.69) is 5.32 Å². The van der Waals surface area contributed by atoms with Crippen molar-refractivity contribution in [1.29, 1.82) is 0 Å². The van der Waals surface area contributed by atoms with Gasteiger partial charge in [0.1, 0.15) is 5.82 Å². The second-order valence-corrected chi connectivity index (χ2v) is 5.27. The molecule has 0 saturated carbocycles. The second-order valence-electron chi connectivity index (χ2n) is 4.39. The first-order valence-corrected chi connectivity index (χ1v) is 6.74. The van der Waals surface area contributed by atoms with Crippen molar-refractivity contribution >= 4 is 23.2 Å². The first-order chi connectivity index (χ1) is 9.06. The van der Waals surface area contributed by atoms with Crippen LogP contribution in [0.2, 0.25) is 10.0 Å². The van der Waals surface area contributed by atoms with E-state index < -0.39 is 0 Å². The lowest BCUT2D eigenvalue weighted by Crippen LogP contribution is -2.18. The van der Waals surface area contributed by atoms with Gasteiger partial charge in [-0.1, -0.05) is 35.3 Å².